The fraction of sp³-hybridized carbons (Fsp3) is 0. The van der Waals surface area contributed by atoms with Crippen LogP contribution in [0.5, 0.6) is 0 Å². The second-order valence-corrected chi connectivity index (χ2v) is 2.39. The molecule has 1 rings (SSSR count). The van der Waals surface area contributed by atoms with Gasteiger partial charge in [-0.25, -0.2) is 4.39 Å². The first-order valence-corrected chi connectivity index (χ1v) is 3.71. The molecule has 0 aliphatic heterocycles. The molecule has 0 spiro atoms. The van der Waals surface area contributed by atoms with Crippen LogP contribution in [-0.4, -0.2) is 19.7 Å². The Morgan fingerprint density at radius 3 is 2.50 bits per heavy atom. The van der Waals surface area contributed by atoms with E-state index in [0.717, 1.165) is 11.2 Å². The Labute approximate surface area is 80.3 Å². The van der Waals surface area contributed by atoms with Gasteiger partial charge in [-0.05, 0) is 12.1 Å². The summed E-state index contributed by atoms with van der Waals surface area (Å²) in [4.78, 5) is 10.6. The number of hydrazone groups is 2. The van der Waals surface area contributed by atoms with E-state index in [2.05, 4.69) is 23.6 Å². The van der Waals surface area contributed by atoms with Gasteiger partial charge in [-0.15, -0.1) is 0 Å². The molecule has 0 atom stereocenters. The highest BCUT2D eigenvalue weighted by Gasteiger charge is 2.09. The summed E-state index contributed by atoms with van der Waals surface area (Å²) in [5.74, 6) is -0.483. The second kappa shape index (κ2) is 4.27. The predicted molar refractivity (Wildman–Crippen MR) is 53.4 cm³/mol. The standard InChI is InChI=1S/C9H8FN3O/c1-11-13(12-2)9-5-8(10)4-3-7(9)6-14/h3-6H,1-2H2. The molecule has 14 heavy (non-hydrogen) atoms. The van der Waals surface area contributed by atoms with Crippen molar-refractivity contribution in [2.24, 2.45) is 10.2 Å². The number of hydrogen-bond acceptors (Lipinski definition) is 4. The maximum Gasteiger partial charge on any atom is 0.152 e. The average molecular weight is 193 g/mol. The van der Waals surface area contributed by atoms with Crippen molar-refractivity contribution in [2.45, 2.75) is 0 Å². The molecule has 0 bridgehead atoms. The first kappa shape index (κ1) is 10.0. The zero-order chi connectivity index (χ0) is 10.6. The van der Waals surface area contributed by atoms with Gasteiger partial charge < -0.3 is 0 Å². The van der Waals surface area contributed by atoms with Crippen molar-refractivity contribution in [1.29, 1.82) is 0 Å². The largest absolute Gasteiger partial charge is 0.298 e. The number of anilines is 1. The Balaban J connectivity index is 3.27. The third-order valence-corrected chi connectivity index (χ3v) is 1.60. The molecule has 0 heterocycles. The monoisotopic (exact) mass is 193 g/mol. The number of benzene rings is 1. The minimum absolute atomic E-state index is 0.213. The van der Waals surface area contributed by atoms with Gasteiger partial charge in [-0.2, -0.15) is 15.3 Å². The fourth-order valence-corrected chi connectivity index (χ4v) is 0.987. The molecular formula is C9H8FN3O. The molecule has 1 aromatic rings. The Bertz CT molecular complexity index is 370. The van der Waals surface area contributed by atoms with Gasteiger partial charge in [-0.1, -0.05) is 0 Å². The maximum atomic E-state index is 12.8. The van der Waals surface area contributed by atoms with E-state index in [4.69, 9.17) is 0 Å². The zero-order valence-corrected chi connectivity index (χ0v) is 7.35. The lowest BCUT2D eigenvalue weighted by Crippen LogP contribution is -2.08. The first-order valence-electron chi connectivity index (χ1n) is 3.71. The van der Waals surface area contributed by atoms with Crippen LogP contribution in [0.4, 0.5) is 10.1 Å². The molecule has 5 heteroatoms. The van der Waals surface area contributed by atoms with Crippen LogP contribution in [0.25, 0.3) is 0 Å². The molecule has 0 amide bonds. The van der Waals surface area contributed by atoms with E-state index >= 15 is 0 Å². The van der Waals surface area contributed by atoms with Gasteiger partial charge in [0.15, 0.2) is 6.29 Å². The summed E-state index contributed by atoms with van der Waals surface area (Å²) in [6, 6.07) is 3.64. The summed E-state index contributed by atoms with van der Waals surface area (Å²) >= 11 is 0. The molecule has 0 saturated heterocycles. The van der Waals surface area contributed by atoms with Gasteiger partial charge in [0.05, 0.1) is 5.69 Å². The van der Waals surface area contributed by atoms with Crippen LogP contribution in [0.2, 0.25) is 0 Å². The molecular weight excluding hydrogens is 185 g/mol. The molecule has 0 saturated carbocycles. The predicted octanol–water partition coefficient (Wildman–Crippen LogP) is 1.68. The molecule has 72 valence electrons. The van der Waals surface area contributed by atoms with Crippen molar-refractivity contribution in [2.75, 3.05) is 5.12 Å². The van der Waals surface area contributed by atoms with Gasteiger partial charge in [-0.3, -0.25) is 4.79 Å². The summed E-state index contributed by atoms with van der Waals surface area (Å²) in [7, 11) is 0. The minimum atomic E-state index is -0.483. The van der Waals surface area contributed by atoms with Gasteiger partial charge in [0, 0.05) is 25.1 Å². The molecule has 1 aromatic carbocycles. The second-order valence-electron chi connectivity index (χ2n) is 2.39. The molecule has 0 radical (unpaired) electrons. The molecule has 0 aliphatic rings. The number of hydrogen-bond donors (Lipinski definition) is 0. The van der Waals surface area contributed by atoms with E-state index in [-0.39, 0.29) is 11.3 Å². The molecule has 0 aliphatic carbocycles. The van der Waals surface area contributed by atoms with Gasteiger partial charge in [0.25, 0.3) is 0 Å². The van der Waals surface area contributed by atoms with Crippen LogP contribution in [0.15, 0.2) is 28.4 Å². The van der Waals surface area contributed by atoms with Crippen LogP contribution in [0.3, 0.4) is 0 Å². The lowest BCUT2D eigenvalue weighted by atomic mass is 10.2. The summed E-state index contributed by atoms with van der Waals surface area (Å²) < 4.78 is 12.8. The summed E-state index contributed by atoms with van der Waals surface area (Å²) in [6.07, 6.45) is 0.581. The number of aldehydes is 1. The van der Waals surface area contributed by atoms with Crippen molar-refractivity contribution in [3.05, 3.63) is 29.6 Å². The lowest BCUT2D eigenvalue weighted by Gasteiger charge is -2.12. The summed E-state index contributed by atoms with van der Waals surface area (Å²) in [5.41, 5.74) is 0.483. The van der Waals surface area contributed by atoms with Crippen molar-refractivity contribution >= 4 is 25.4 Å². The van der Waals surface area contributed by atoms with Crippen molar-refractivity contribution in [3.63, 3.8) is 0 Å². The number of halogens is 1. The third-order valence-electron chi connectivity index (χ3n) is 1.60. The summed E-state index contributed by atoms with van der Waals surface area (Å²) in [6.45, 7) is 6.43. The van der Waals surface area contributed by atoms with Crippen molar-refractivity contribution < 1.29 is 9.18 Å². The molecule has 0 N–H and O–H groups in total. The van der Waals surface area contributed by atoms with Gasteiger partial charge in [0.1, 0.15) is 5.82 Å². The number of carbonyl (C=O) groups is 1. The van der Waals surface area contributed by atoms with Gasteiger partial charge in [0.2, 0.25) is 0 Å². The quantitative estimate of drug-likeness (QED) is 0.415. The SMILES string of the molecule is C=NN(N=C)c1cc(F)ccc1C=O. The van der Waals surface area contributed by atoms with E-state index in [1.54, 1.807) is 0 Å². The fourth-order valence-electron chi connectivity index (χ4n) is 0.987. The highest BCUT2D eigenvalue weighted by molar-refractivity contribution is 5.84. The Hall–Kier alpha value is -2.04. The highest BCUT2D eigenvalue weighted by Crippen LogP contribution is 2.20. The van der Waals surface area contributed by atoms with E-state index in [9.17, 15) is 9.18 Å². The normalized spacial score (nSPS) is 9.21. The maximum absolute atomic E-state index is 12.8. The molecule has 0 fully saturated rings. The zero-order valence-electron chi connectivity index (χ0n) is 7.35. The van der Waals surface area contributed by atoms with E-state index in [1.165, 1.54) is 12.1 Å². The van der Waals surface area contributed by atoms with E-state index in [1.807, 2.05) is 0 Å². The van der Waals surface area contributed by atoms with Crippen LogP contribution in [-0.2, 0) is 0 Å². The lowest BCUT2D eigenvalue weighted by molar-refractivity contribution is 0.112. The minimum Gasteiger partial charge on any atom is -0.298 e. The van der Waals surface area contributed by atoms with Crippen LogP contribution in [0, 0.1) is 5.82 Å². The Kier molecular flexibility index (Phi) is 3.06. The van der Waals surface area contributed by atoms with E-state index < -0.39 is 5.82 Å². The molecule has 4 nitrogen and oxygen atoms in total. The number of rotatable bonds is 4. The molecule has 0 aromatic heterocycles. The van der Waals surface area contributed by atoms with Crippen molar-refractivity contribution in [3.8, 4) is 0 Å². The van der Waals surface area contributed by atoms with Crippen LogP contribution < -0.4 is 5.12 Å². The van der Waals surface area contributed by atoms with Crippen LogP contribution in [0.1, 0.15) is 10.4 Å². The third kappa shape index (κ3) is 1.82. The molecule has 0 unspecified atom stereocenters. The van der Waals surface area contributed by atoms with E-state index in [0.29, 0.717) is 6.29 Å². The Morgan fingerprint density at radius 2 is 2.00 bits per heavy atom. The summed E-state index contributed by atoms with van der Waals surface area (Å²) in [5, 5.41) is 7.89. The number of nitrogens with zero attached hydrogens (tertiary/aromatic N) is 3. The van der Waals surface area contributed by atoms with Crippen LogP contribution >= 0.6 is 0 Å². The van der Waals surface area contributed by atoms with Crippen molar-refractivity contribution in [1.82, 2.24) is 0 Å². The number of carbonyl (C=O) groups excluding carboxylic acids is 1. The topological polar surface area (TPSA) is 45.0 Å². The Morgan fingerprint density at radius 1 is 1.36 bits per heavy atom. The average Bonchev–Trinajstić information content (AvgIpc) is 2.20. The highest BCUT2D eigenvalue weighted by atomic mass is 19.1. The first-order chi connectivity index (χ1) is 6.72. The smallest absolute Gasteiger partial charge is 0.152 e. The van der Waals surface area contributed by atoms with Gasteiger partial charge >= 0.3 is 0 Å².